The third-order valence-corrected chi connectivity index (χ3v) is 4.78. The molecule has 9 heteroatoms. The number of hydrogen-bond donors (Lipinski definition) is 5. The van der Waals surface area contributed by atoms with Gasteiger partial charge in [-0.15, -0.1) is 0 Å². The SMILES string of the molecule is CCC(C)C(NC(=O)C(C)N)C(=O)NC(C(=O)NC(CC(C)C)C(=O)O)C(C)C. The summed E-state index contributed by atoms with van der Waals surface area (Å²) in [7, 11) is 0. The third kappa shape index (κ3) is 9.25. The Morgan fingerprint density at radius 3 is 1.69 bits per heavy atom. The Hall–Kier alpha value is -2.16. The highest BCUT2D eigenvalue weighted by atomic mass is 16.4. The predicted octanol–water partition coefficient (Wildman–Crippen LogP) is 0.621. The second-order valence-corrected chi connectivity index (χ2v) is 8.42. The van der Waals surface area contributed by atoms with Gasteiger partial charge in [-0.1, -0.05) is 48.0 Å². The fraction of sp³-hybridized carbons (Fsp3) is 0.800. The molecule has 9 nitrogen and oxygen atoms in total. The van der Waals surface area contributed by atoms with E-state index in [2.05, 4.69) is 16.0 Å². The molecule has 5 unspecified atom stereocenters. The molecule has 0 saturated carbocycles. The van der Waals surface area contributed by atoms with Gasteiger partial charge in [-0.3, -0.25) is 14.4 Å². The minimum Gasteiger partial charge on any atom is -0.480 e. The Bertz CT molecular complexity index is 577. The van der Waals surface area contributed by atoms with Crippen molar-refractivity contribution in [1.29, 1.82) is 0 Å². The van der Waals surface area contributed by atoms with Gasteiger partial charge in [0.15, 0.2) is 0 Å². The number of carboxylic acid groups (broad SMARTS) is 1. The highest BCUT2D eigenvalue weighted by Gasteiger charge is 2.33. The Balaban J connectivity index is 5.40. The molecule has 0 fully saturated rings. The van der Waals surface area contributed by atoms with Crippen molar-refractivity contribution in [2.75, 3.05) is 0 Å². The first-order valence-electron chi connectivity index (χ1n) is 10.2. The van der Waals surface area contributed by atoms with Gasteiger partial charge in [0, 0.05) is 0 Å². The molecule has 0 saturated heterocycles. The summed E-state index contributed by atoms with van der Waals surface area (Å²) in [6, 6.07) is -3.59. The monoisotopic (exact) mass is 414 g/mol. The average molecular weight is 415 g/mol. The Labute approximate surface area is 173 Å². The van der Waals surface area contributed by atoms with E-state index in [0.717, 1.165) is 0 Å². The first-order chi connectivity index (χ1) is 13.3. The van der Waals surface area contributed by atoms with Crippen LogP contribution in [-0.2, 0) is 19.2 Å². The highest BCUT2D eigenvalue weighted by molar-refractivity contribution is 5.94. The van der Waals surface area contributed by atoms with Crippen LogP contribution in [0.1, 0.15) is 61.3 Å². The quantitative estimate of drug-likeness (QED) is 0.316. The number of rotatable bonds is 12. The molecule has 3 amide bonds. The van der Waals surface area contributed by atoms with E-state index >= 15 is 0 Å². The van der Waals surface area contributed by atoms with E-state index in [0.29, 0.717) is 6.42 Å². The van der Waals surface area contributed by atoms with Crippen LogP contribution in [0.3, 0.4) is 0 Å². The zero-order valence-electron chi connectivity index (χ0n) is 18.6. The van der Waals surface area contributed by atoms with Gasteiger partial charge < -0.3 is 26.8 Å². The van der Waals surface area contributed by atoms with Gasteiger partial charge in [-0.25, -0.2) is 4.79 Å². The number of hydrogen-bond acceptors (Lipinski definition) is 5. The average Bonchev–Trinajstić information content (AvgIpc) is 2.61. The molecule has 0 rings (SSSR count). The molecule has 168 valence electrons. The summed E-state index contributed by atoms with van der Waals surface area (Å²) in [5.74, 6) is -3.04. The first kappa shape index (κ1) is 26.8. The van der Waals surface area contributed by atoms with Gasteiger partial charge in [0.2, 0.25) is 17.7 Å². The van der Waals surface area contributed by atoms with Crippen molar-refractivity contribution in [3.8, 4) is 0 Å². The van der Waals surface area contributed by atoms with Crippen LogP contribution in [0.25, 0.3) is 0 Å². The fourth-order valence-corrected chi connectivity index (χ4v) is 2.72. The van der Waals surface area contributed by atoms with Crippen LogP contribution < -0.4 is 21.7 Å². The molecule has 0 aromatic heterocycles. The largest absolute Gasteiger partial charge is 0.480 e. The normalized spacial score (nSPS) is 16.5. The number of nitrogens with one attached hydrogen (secondary N) is 3. The second-order valence-electron chi connectivity index (χ2n) is 8.42. The smallest absolute Gasteiger partial charge is 0.326 e. The van der Waals surface area contributed by atoms with Gasteiger partial charge in [0.25, 0.3) is 0 Å². The molecule has 0 spiro atoms. The molecule has 0 radical (unpaired) electrons. The van der Waals surface area contributed by atoms with Crippen LogP contribution >= 0.6 is 0 Å². The first-order valence-corrected chi connectivity index (χ1v) is 10.2. The summed E-state index contributed by atoms with van der Waals surface area (Å²) >= 11 is 0. The van der Waals surface area contributed by atoms with Crippen LogP contribution in [0.4, 0.5) is 0 Å². The molecule has 29 heavy (non-hydrogen) atoms. The minimum absolute atomic E-state index is 0.0757. The van der Waals surface area contributed by atoms with Crippen molar-refractivity contribution in [2.24, 2.45) is 23.5 Å². The van der Waals surface area contributed by atoms with Gasteiger partial charge in [0.05, 0.1) is 6.04 Å². The lowest BCUT2D eigenvalue weighted by Crippen LogP contribution is -2.59. The molecule has 0 heterocycles. The lowest BCUT2D eigenvalue weighted by molar-refractivity contribution is -0.143. The van der Waals surface area contributed by atoms with Gasteiger partial charge >= 0.3 is 5.97 Å². The van der Waals surface area contributed by atoms with Crippen LogP contribution in [0, 0.1) is 17.8 Å². The number of aliphatic carboxylic acids is 1. The Morgan fingerprint density at radius 1 is 0.828 bits per heavy atom. The van der Waals surface area contributed by atoms with Gasteiger partial charge in [-0.2, -0.15) is 0 Å². The number of carbonyl (C=O) groups excluding carboxylic acids is 3. The Morgan fingerprint density at radius 2 is 1.31 bits per heavy atom. The van der Waals surface area contributed by atoms with Crippen molar-refractivity contribution in [1.82, 2.24) is 16.0 Å². The lowest BCUT2D eigenvalue weighted by Gasteiger charge is -2.29. The summed E-state index contributed by atoms with van der Waals surface area (Å²) in [5, 5.41) is 17.2. The summed E-state index contributed by atoms with van der Waals surface area (Å²) < 4.78 is 0. The maximum absolute atomic E-state index is 12.9. The summed E-state index contributed by atoms with van der Waals surface area (Å²) in [5.41, 5.74) is 5.58. The number of amides is 3. The van der Waals surface area contributed by atoms with Crippen LogP contribution in [0.5, 0.6) is 0 Å². The van der Waals surface area contributed by atoms with E-state index in [1.165, 1.54) is 6.92 Å². The lowest BCUT2D eigenvalue weighted by atomic mass is 9.96. The van der Waals surface area contributed by atoms with Crippen LogP contribution in [-0.4, -0.2) is 53.0 Å². The van der Waals surface area contributed by atoms with E-state index in [4.69, 9.17) is 5.73 Å². The molecule has 0 aromatic carbocycles. The fourth-order valence-electron chi connectivity index (χ4n) is 2.72. The van der Waals surface area contributed by atoms with Crippen molar-refractivity contribution < 1.29 is 24.3 Å². The van der Waals surface area contributed by atoms with E-state index in [-0.39, 0.29) is 24.2 Å². The zero-order chi connectivity index (χ0) is 22.9. The topological polar surface area (TPSA) is 151 Å². The van der Waals surface area contributed by atoms with Gasteiger partial charge in [0.1, 0.15) is 18.1 Å². The van der Waals surface area contributed by atoms with Crippen molar-refractivity contribution in [3.63, 3.8) is 0 Å². The zero-order valence-corrected chi connectivity index (χ0v) is 18.6. The summed E-state index contributed by atoms with van der Waals surface area (Å²) in [6.07, 6.45) is 0.908. The van der Waals surface area contributed by atoms with E-state index in [9.17, 15) is 24.3 Å². The van der Waals surface area contributed by atoms with E-state index < -0.39 is 47.9 Å². The van der Waals surface area contributed by atoms with Crippen molar-refractivity contribution in [3.05, 3.63) is 0 Å². The molecular weight excluding hydrogens is 376 g/mol. The maximum Gasteiger partial charge on any atom is 0.326 e. The predicted molar refractivity (Wildman–Crippen MR) is 111 cm³/mol. The third-order valence-electron chi connectivity index (χ3n) is 4.78. The van der Waals surface area contributed by atoms with E-state index in [1.54, 1.807) is 13.8 Å². The number of carboxylic acids is 1. The molecule has 0 bridgehead atoms. The number of carbonyl (C=O) groups is 4. The van der Waals surface area contributed by atoms with Gasteiger partial charge in [-0.05, 0) is 31.1 Å². The molecule has 0 aliphatic carbocycles. The standard InChI is InChI=1S/C20H38N4O5/c1-8-12(6)16(24-17(25)13(7)21)19(27)23-15(11(4)5)18(26)22-14(20(28)29)9-10(2)3/h10-16H,8-9,21H2,1-7H3,(H,22,26)(H,23,27)(H,24,25)(H,28,29). The molecule has 0 aliphatic rings. The summed E-state index contributed by atoms with van der Waals surface area (Å²) in [6.45, 7) is 12.5. The van der Waals surface area contributed by atoms with Crippen molar-refractivity contribution in [2.45, 2.75) is 85.5 Å². The molecule has 0 aliphatic heterocycles. The highest BCUT2D eigenvalue weighted by Crippen LogP contribution is 2.11. The van der Waals surface area contributed by atoms with Crippen molar-refractivity contribution >= 4 is 23.7 Å². The second kappa shape index (κ2) is 12.4. The molecule has 6 N–H and O–H groups in total. The Kier molecular flexibility index (Phi) is 11.5. The maximum atomic E-state index is 12.9. The van der Waals surface area contributed by atoms with Crippen LogP contribution in [0.15, 0.2) is 0 Å². The molecule has 0 aromatic rings. The minimum atomic E-state index is -1.12. The summed E-state index contributed by atoms with van der Waals surface area (Å²) in [4.78, 5) is 49.0. The molecule has 5 atom stereocenters. The van der Waals surface area contributed by atoms with Crippen LogP contribution in [0.2, 0.25) is 0 Å². The number of nitrogens with two attached hydrogens (primary N) is 1. The van der Waals surface area contributed by atoms with E-state index in [1.807, 2.05) is 27.7 Å². The molecular formula is C20H38N4O5.